The molecule has 0 spiro atoms. The molecule has 1 aromatic rings. The summed E-state index contributed by atoms with van der Waals surface area (Å²) in [6.07, 6.45) is 2.23. The lowest BCUT2D eigenvalue weighted by atomic mass is 9.90. The van der Waals surface area contributed by atoms with Crippen LogP contribution >= 0.6 is 0 Å². The average molecular weight is 613 g/mol. The molecule has 5 unspecified atom stereocenters. The Morgan fingerprint density at radius 3 is 2.70 bits per heavy atom. The first-order valence-corrected chi connectivity index (χ1v) is 14.6. The van der Waals surface area contributed by atoms with E-state index in [0.717, 1.165) is 6.08 Å². The number of aliphatic hydroxyl groups excluding tert-OH is 1. The Labute approximate surface area is 254 Å². The maximum atomic E-state index is 13.6. The van der Waals surface area contributed by atoms with Crippen LogP contribution in [-0.4, -0.2) is 103 Å². The fourth-order valence-corrected chi connectivity index (χ4v) is 5.76. The number of hydrogen-bond acceptors (Lipinski definition) is 11. The number of fused-ring (bicyclic) bond motifs is 1. The number of carbonyl (C=O) groups is 5. The van der Waals surface area contributed by atoms with Crippen LogP contribution in [0.2, 0.25) is 0 Å². The second-order valence-electron chi connectivity index (χ2n) is 11.7. The molecule has 0 aromatic heterocycles. The highest BCUT2D eigenvalue weighted by atomic mass is 16.7. The number of esters is 3. The van der Waals surface area contributed by atoms with E-state index in [0.29, 0.717) is 30.5 Å². The van der Waals surface area contributed by atoms with Crippen LogP contribution in [0.4, 0.5) is 0 Å². The third kappa shape index (κ3) is 6.69. The zero-order chi connectivity index (χ0) is 31.4. The van der Waals surface area contributed by atoms with Crippen molar-refractivity contribution in [3.63, 3.8) is 0 Å². The van der Waals surface area contributed by atoms with E-state index in [-0.39, 0.29) is 50.4 Å². The standard InChI is InChI=1S/C31H36N2O11/c1-31(2)16-40-30(39)26(31)44-24(35)10-9-18-6-3-4-7-20(18)29(38)43-23-15-19(14-22-25(23)42-17-41-22)28(37)33-12-5-8-21(33)27(36)32-11-13-34/h3-4,6-7,9-10,14,21-23,25-26,34H,5,8,11-13,15-17H2,1-2H3,(H,32,36). The average Bonchev–Trinajstić information content (AvgIpc) is 3.75. The molecular weight excluding hydrogens is 576 g/mol. The number of carbonyl (C=O) groups excluding carboxylic acids is 5. The van der Waals surface area contributed by atoms with E-state index >= 15 is 0 Å². The van der Waals surface area contributed by atoms with Crippen molar-refractivity contribution in [1.29, 1.82) is 0 Å². The van der Waals surface area contributed by atoms with Crippen LogP contribution in [0.1, 0.15) is 49.0 Å². The first-order valence-electron chi connectivity index (χ1n) is 14.6. The fraction of sp³-hybridized carbons (Fsp3) is 0.516. The maximum absolute atomic E-state index is 13.6. The van der Waals surface area contributed by atoms with Crippen molar-refractivity contribution in [3.05, 3.63) is 53.1 Å². The zero-order valence-electron chi connectivity index (χ0n) is 24.6. The van der Waals surface area contributed by atoms with Crippen LogP contribution in [0.25, 0.3) is 6.08 Å². The molecule has 44 heavy (non-hydrogen) atoms. The molecule has 2 amide bonds. The largest absolute Gasteiger partial charge is 0.462 e. The number of rotatable bonds is 9. The molecule has 3 aliphatic heterocycles. The van der Waals surface area contributed by atoms with E-state index < -0.39 is 53.8 Å². The smallest absolute Gasteiger partial charge is 0.348 e. The van der Waals surface area contributed by atoms with Gasteiger partial charge in [-0.15, -0.1) is 0 Å². The molecule has 13 nitrogen and oxygen atoms in total. The van der Waals surface area contributed by atoms with Gasteiger partial charge in [-0.3, -0.25) is 9.59 Å². The molecule has 2 N–H and O–H groups in total. The van der Waals surface area contributed by atoms with Gasteiger partial charge in [0.2, 0.25) is 17.9 Å². The van der Waals surface area contributed by atoms with E-state index in [1.165, 1.54) is 11.0 Å². The van der Waals surface area contributed by atoms with Gasteiger partial charge in [-0.1, -0.05) is 32.0 Å². The summed E-state index contributed by atoms with van der Waals surface area (Å²) in [4.78, 5) is 65.6. The molecule has 236 valence electrons. The third-order valence-corrected chi connectivity index (χ3v) is 8.08. The molecule has 0 bridgehead atoms. The predicted octanol–water partition coefficient (Wildman–Crippen LogP) is 0.891. The molecule has 13 heteroatoms. The SMILES string of the molecule is CC1(C)COC(=O)C1OC(=O)C=Cc1ccccc1C(=O)OC1CC(C(=O)N2CCCC2C(=O)NCCO)=CC2OCOC21. The minimum absolute atomic E-state index is 0.0377. The number of nitrogens with one attached hydrogen (secondary N) is 1. The van der Waals surface area contributed by atoms with Gasteiger partial charge in [-0.2, -0.15) is 0 Å². The molecule has 3 fully saturated rings. The Balaban J connectivity index is 1.27. The van der Waals surface area contributed by atoms with Gasteiger partial charge in [0.25, 0.3) is 0 Å². The van der Waals surface area contributed by atoms with E-state index in [2.05, 4.69) is 5.32 Å². The predicted molar refractivity (Wildman–Crippen MR) is 151 cm³/mol. The summed E-state index contributed by atoms with van der Waals surface area (Å²) < 4.78 is 27.5. The summed E-state index contributed by atoms with van der Waals surface area (Å²) in [5, 5.41) is 11.7. The van der Waals surface area contributed by atoms with E-state index in [4.69, 9.17) is 28.8 Å². The monoisotopic (exact) mass is 612 g/mol. The van der Waals surface area contributed by atoms with Gasteiger partial charge >= 0.3 is 17.9 Å². The van der Waals surface area contributed by atoms with Crippen LogP contribution < -0.4 is 5.32 Å². The van der Waals surface area contributed by atoms with Crippen LogP contribution in [0.15, 0.2) is 42.0 Å². The molecule has 5 rings (SSSR count). The number of likely N-dealkylation sites (tertiary alicyclic amines) is 1. The molecule has 3 heterocycles. The van der Waals surface area contributed by atoms with Crippen LogP contribution in [0, 0.1) is 5.41 Å². The minimum Gasteiger partial charge on any atom is -0.462 e. The highest BCUT2D eigenvalue weighted by molar-refractivity contribution is 5.98. The van der Waals surface area contributed by atoms with Crippen molar-refractivity contribution in [1.82, 2.24) is 10.2 Å². The Hall–Kier alpha value is -4.07. The molecule has 4 aliphatic rings. The Bertz CT molecular complexity index is 1370. The van der Waals surface area contributed by atoms with Gasteiger partial charge in [0, 0.05) is 36.6 Å². The highest BCUT2D eigenvalue weighted by Crippen LogP contribution is 2.34. The second kappa shape index (κ2) is 13.3. The topological polar surface area (TPSA) is 167 Å². The van der Waals surface area contributed by atoms with Crippen molar-refractivity contribution in [2.24, 2.45) is 5.41 Å². The lowest BCUT2D eigenvalue weighted by Crippen LogP contribution is -2.49. The number of aliphatic hydroxyl groups is 1. The van der Waals surface area contributed by atoms with Gasteiger partial charge in [0.15, 0.2) is 0 Å². The van der Waals surface area contributed by atoms with Crippen LogP contribution in [-0.2, 0) is 42.9 Å². The summed E-state index contributed by atoms with van der Waals surface area (Å²) in [5.74, 6) is -2.76. The van der Waals surface area contributed by atoms with Gasteiger partial charge in [0.05, 0.1) is 12.2 Å². The van der Waals surface area contributed by atoms with Crippen molar-refractivity contribution in [3.8, 4) is 0 Å². The lowest BCUT2D eigenvalue weighted by molar-refractivity contribution is -0.159. The summed E-state index contributed by atoms with van der Waals surface area (Å²) in [6, 6.07) is 5.83. The van der Waals surface area contributed by atoms with E-state index in [1.807, 2.05) is 0 Å². The molecular formula is C31H36N2O11. The van der Waals surface area contributed by atoms with E-state index in [1.54, 1.807) is 44.2 Å². The first kappa shape index (κ1) is 31.4. The molecule has 0 saturated carbocycles. The molecule has 5 atom stereocenters. The van der Waals surface area contributed by atoms with Crippen LogP contribution in [0.3, 0.4) is 0 Å². The quantitative estimate of drug-likeness (QED) is 0.231. The van der Waals surface area contributed by atoms with Crippen molar-refractivity contribution >= 4 is 35.8 Å². The molecule has 1 aliphatic carbocycles. The molecule has 1 aromatic carbocycles. The van der Waals surface area contributed by atoms with Gasteiger partial charge < -0.3 is 39.0 Å². The first-order chi connectivity index (χ1) is 21.1. The summed E-state index contributed by atoms with van der Waals surface area (Å²) in [7, 11) is 0. The fourth-order valence-electron chi connectivity index (χ4n) is 5.76. The van der Waals surface area contributed by atoms with Gasteiger partial charge in [-0.05, 0) is 36.6 Å². The van der Waals surface area contributed by atoms with E-state index in [9.17, 15) is 24.0 Å². The van der Waals surface area contributed by atoms with Crippen molar-refractivity contribution < 1.29 is 52.8 Å². The summed E-state index contributed by atoms with van der Waals surface area (Å²) in [6.45, 7) is 3.90. The number of hydrogen-bond donors (Lipinski definition) is 2. The Morgan fingerprint density at radius 2 is 1.95 bits per heavy atom. The lowest BCUT2D eigenvalue weighted by Gasteiger charge is -2.32. The molecule has 3 saturated heterocycles. The number of ether oxygens (including phenoxy) is 5. The normalized spacial score (nSPS) is 27.4. The Kier molecular flexibility index (Phi) is 9.47. The van der Waals surface area contributed by atoms with Crippen molar-refractivity contribution in [2.45, 2.75) is 63.6 Å². The zero-order valence-corrected chi connectivity index (χ0v) is 24.6. The van der Waals surface area contributed by atoms with Gasteiger partial charge in [-0.25, -0.2) is 14.4 Å². The maximum Gasteiger partial charge on any atom is 0.348 e. The van der Waals surface area contributed by atoms with Crippen molar-refractivity contribution in [2.75, 3.05) is 33.1 Å². The number of benzene rings is 1. The summed E-state index contributed by atoms with van der Waals surface area (Å²) >= 11 is 0. The second-order valence-corrected chi connectivity index (χ2v) is 11.7. The number of nitrogens with zero attached hydrogens (tertiary/aromatic N) is 1. The number of amides is 2. The molecule has 0 radical (unpaired) electrons. The summed E-state index contributed by atoms with van der Waals surface area (Å²) in [5.41, 5.74) is 0.221. The highest BCUT2D eigenvalue weighted by Gasteiger charge is 2.47. The minimum atomic E-state index is -1.04. The van der Waals surface area contributed by atoms with Gasteiger partial charge in [0.1, 0.15) is 37.8 Å². The Morgan fingerprint density at radius 1 is 1.16 bits per heavy atom. The third-order valence-electron chi connectivity index (χ3n) is 8.08. The van der Waals surface area contributed by atoms with Crippen LogP contribution in [0.5, 0.6) is 0 Å². The number of cyclic esters (lactones) is 1.